The van der Waals surface area contributed by atoms with E-state index in [4.69, 9.17) is 0 Å². The van der Waals surface area contributed by atoms with Gasteiger partial charge in [0.2, 0.25) is 0 Å². The lowest BCUT2D eigenvalue weighted by molar-refractivity contribution is -0.138. The topological polar surface area (TPSA) is 58.2 Å². The third kappa shape index (κ3) is 5.51. The normalized spacial score (nSPS) is 11.2. The van der Waals surface area contributed by atoms with E-state index < -0.39 is 29.4 Å². The van der Waals surface area contributed by atoms with Crippen LogP contribution in [-0.2, 0) is 12.6 Å². The van der Waals surface area contributed by atoms with E-state index in [1.165, 1.54) is 54.6 Å². The van der Waals surface area contributed by atoms with Gasteiger partial charge in [0.25, 0.3) is 11.8 Å². The van der Waals surface area contributed by atoms with Crippen molar-refractivity contribution in [2.75, 3.05) is 11.9 Å². The van der Waals surface area contributed by atoms with Crippen LogP contribution in [0.25, 0.3) is 0 Å². The maximum Gasteiger partial charge on any atom is 0.416 e. The van der Waals surface area contributed by atoms with Crippen LogP contribution in [0.3, 0.4) is 0 Å². The van der Waals surface area contributed by atoms with Gasteiger partial charge in [-0.25, -0.2) is 4.39 Å². The van der Waals surface area contributed by atoms with Crippen molar-refractivity contribution in [1.82, 2.24) is 5.32 Å². The van der Waals surface area contributed by atoms with Gasteiger partial charge in [-0.15, -0.1) is 0 Å². The van der Waals surface area contributed by atoms with E-state index in [0.717, 1.165) is 6.07 Å². The van der Waals surface area contributed by atoms with Crippen LogP contribution in [-0.4, -0.2) is 18.4 Å². The van der Waals surface area contributed by atoms with Crippen LogP contribution < -0.4 is 10.6 Å². The number of halogens is 4. The van der Waals surface area contributed by atoms with Crippen LogP contribution in [0.5, 0.6) is 0 Å². The number of aryl methyl sites for hydroxylation is 1. The molecule has 0 radical (unpaired) electrons. The summed E-state index contributed by atoms with van der Waals surface area (Å²) in [6.45, 7) is 1.71. The number of anilines is 1. The summed E-state index contributed by atoms with van der Waals surface area (Å²) in [6, 6.07) is 15.3. The lowest BCUT2D eigenvalue weighted by atomic mass is 10.0. The molecule has 0 aliphatic heterocycles. The number of amides is 2. The lowest BCUT2D eigenvalue weighted by Gasteiger charge is -2.14. The number of benzene rings is 3. The fourth-order valence-electron chi connectivity index (χ4n) is 3.16. The maximum atomic E-state index is 13.8. The minimum absolute atomic E-state index is 0.00325. The van der Waals surface area contributed by atoms with E-state index in [1.54, 1.807) is 13.0 Å². The quantitative estimate of drug-likeness (QED) is 0.502. The summed E-state index contributed by atoms with van der Waals surface area (Å²) >= 11 is 0. The molecule has 0 bridgehead atoms. The standard InChI is InChI=1S/C24H20F4N2O2/c1-15-10-11-17(14-21(15)30-23(32)18-7-3-5-9-20(18)25)22(31)29-13-12-16-6-2-4-8-19(16)24(26,27)28/h2-11,14H,12-13H2,1H3,(H,29,31)(H,30,32). The average molecular weight is 444 g/mol. The molecule has 0 heterocycles. The van der Waals surface area contributed by atoms with Gasteiger partial charge < -0.3 is 10.6 Å². The Hall–Kier alpha value is -3.68. The highest BCUT2D eigenvalue weighted by atomic mass is 19.4. The van der Waals surface area contributed by atoms with E-state index in [-0.39, 0.29) is 29.7 Å². The van der Waals surface area contributed by atoms with Crippen molar-refractivity contribution in [3.8, 4) is 0 Å². The number of rotatable bonds is 6. The fraction of sp³-hybridized carbons (Fsp3) is 0.167. The van der Waals surface area contributed by atoms with Crippen molar-refractivity contribution in [3.63, 3.8) is 0 Å². The summed E-state index contributed by atoms with van der Waals surface area (Å²) in [6.07, 6.45) is -4.47. The first-order valence-corrected chi connectivity index (χ1v) is 9.76. The second kappa shape index (κ2) is 9.64. The zero-order chi connectivity index (χ0) is 23.3. The molecule has 0 spiro atoms. The molecule has 0 fully saturated rings. The zero-order valence-electron chi connectivity index (χ0n) is 17.1. The van der Waals surface area contributed by atoms with Crippen molar-refractivity contribution in [1.29, 1.82) is 0 Å². The van der Waals surface area contributed by atoms with Crippen molar-refractivity contribution in [2.45, 2.75) is 19.5 Å². The highest BCUT2D eigenvalue weighted by Crippen LogP contribution is 2.31. The number of carbonyl (C=O) groups is 2. The van der Waals surface area contributed by atoms with Crippen LogP contribution in [0.1, 0.15) is 37.4 Å². The average Bonchev–Trinajstić information content (AvgIpc) is 2.75. The Bertz CT molecular complexity index is 1140. The van der Waals surface area contributed by atoms with E-state index in [1.807, 2.05) is 0 Å². The summed E-state index contributed by atoms with van der Waals surface area (Å²) in [7, 11) is 0. The van der Waals surface area contributed by atoms with Crippen LogP contribution in [0.15, 0.2) is 66.7 Å². The molecule has 0 aliphatic carbocycles. The number of alkyl halides is 3. The van der Waals surface area contributed by atoms with Gasteiger partial charge in [0.15, 0.2) is 0 Å². The third-order valence-electron chi connectivity index (χ3n) is 4.87. The Morgan fingerprint density at radius 2 is 1.59 bits per heavy atom. The number of carbonyl (C=O) groups excluding carboxylic acids is 2. The molecule has 4 nitrogen and oxygen atoms in total. The summed E-state index contributed by atoms with van der Waals surface area (Å²) in [5.74, 6) is -1.83. The molecule has 3 aromatic carbocycles. The van der Waals surface area contributed by atoms with Gasteiger partial charge in [0.05, 0.1) is 11.1 Å². The molecule has 0 saturated carbocycles. The molecular formula is C24H20F4N2O2. The van der Waals surface area contributed by atoms with E-state index in [2.05, 4.69) is 10.6 Å². The molecule has 3 aromatic rings. The molecule has 3 rings (SSSR count). The van der Waals surface area contributed by atoms with Crippen molar-refractivity contribution < 1.29 is 27.2 Å². The predicted octanol–water partition coefficient (Wildman–Crippen LogP) is 5.38. The molecule has 2 amide bonds. The second-order valence-electron chi connectivity index (χ2n) is 7.12. The minimum atomic E-state index is -4.47. The van der Waals surface area contributed by atoms with Gasteiger partial charge in [-0.2, -0.15) is 13.2 Å². The lowest BCUT2D eigenvalue weighted by Crippen LogP contribution is -2.26. The molecule has 2 N–H and O–H groups in total. The Morgan fingerprint density at radius 1 is 0.906 bits per heavy atom. The van der Waals surface area contributed by atoms with Crippen LogP contribution >= 0.6 is 0 Å². The highest BCUT2D eigenvalue weighted by Gasteiger charge is 2.32. The summed E-state index contributed by atoms with van der Waals surface area (Å²) in [4.78, 5) is 24.9. The molecule has 166 valence electrons. The smallest absolute Gasteiger partial charge is 0.352 e. The molecule has 0 unspecified atom stereocenters. The highest BCUT2D eigenvalue weighted by molar-refractivity contribution is 6.05. The molecule has 0 atom stereocenters. The summed E-state index contributed by atoms with van der Waals surface area (Å²) in [5, 5.41) is 5.17. The van der Waals surface area contributed by atoms with Gasteiger partial charge in [-0.1, -0.05) is 36.4 Å². The van der Waals surface area contributed by atoms with Crippen LogP contribution in [0.4, 0.5) is 23.2 Å². The molecule has 0 aromatic heterocycles. The number of hydrogen-bond acceptors (Lipinski definition) is 2. The molecule has 8 heteroatoms. The fourth-order valence-corrected chi connectivity index (χ4v) is 3.16. The largest absolute Gasteiger partial charge is 0.416 e. The van der Waals surface area contributed by atoms with Gasteiger partial charge in [-0.3, -0.25) is 9.59 Å². The first-order chi connectivity index (χ1) is 15.2. The maximum absolute atomic E-state index is 13.8. The number of hydrogen-bond donors (Lipinski definition) is 2. The Balaban J connectivity index is 1.67. The molecule has 0 saturated heterocycles. The van der Waals surface area contributed by atoms with Gasteiger partial charge in [0.1, 0.15) is 5.82 Å². The molecule has 32 heavy (non-hydrogen) atoms. The van der Waals surface area contributed by atoms with Crippen molar-refractivity contribution in [2.24, 2.45) is 0 Å². The van der Waals surface area contributed by atoms with Gasteiger partial charge in [0, 0.05) is 17.8 Å². The molecular weight excluding hydrogens is 424 g/mol. The van der Waals surface area contributed by atoms with Crippen LogP contribution in [0, 0.1) is 12.7 Å². The van der Waals surface area contributed by atoms with E-state index >= 15 is 0 Å². The van der Waals surface area contributed by atoms with E-state index in [0.29, 0.717) is 11.3 Å². The van der Waals surface area contributed by atoms with Crippen molar-refractivity contribution >= 4 is 17.5 Å². The predicted molar refractivity (Wildman–Crippen MR) is 113 cm³/mol. The zero-order valence-corrected chi connectivity index (χ0v) is 17.1. The van der Waals surface area contributed by atoms with Gasteiger partial charge in [-0.05, 0) is 54.8 Å². The third-order valence-corrected chi connectivity index (χ3v) is 4.87. The SMILES string of the molecule is Cc1ccc(C(=O)NCCc2ccccc2C(F)(F)F)cc1NC(=O)c1ccccc1F. The van der Waals surface area contributed by atoms with Gasteiger partial charge >= 0.3 is 6.18 Å². The number of nitrogens with one attached hydrogen (secondary N) is 2. The first kappa shape index (κ1) is 23.0. The van der Waals surface area contributed by atoms with Crippen LogP contribution in [0.2, 0.25) is 0 Å². The Kier molecular flexibility index (Phi) is 6.92. The summed E-state index contributed by atoms with van der Waals surface area (Å²) < 4.78 is 53.1. The second-order valence-corrected chi connectivity index (χ2v) is 7.12. The Morgan fingerprint density at radius 3 is 2.31 bits per heavy atom. The molecule has 0 aliphatic rings. The minimum Gasteiger partial charge on any atom is -0.352 e. The van der Waals surface area contributed by atoms with Crippen molar-refractivity contribution in [3.05, 3.63) is 100 Å². The Labute approximate surface area is 182 Å². The monoisotopic (exact) mass is 444 g/mol. The van der Waals surface area contributed by atoms with E-state index in [9.17, 15) is 27.2 Å². The first-order valence-electron chi connectivity index (χ1n) is 9.76. The summed E-state index contributed by atoms with van der Waals surface area (Å²) in [5.41, 5.74) is 0.414.